The highest BCUT2D eigenvalue weighted by Gasteiger charge is 2.37. The van der Waals surface area contributed by atoms with Crippen molar-refractivity contribution in [2.45, 2.75) is 45.1 Å². The van der Waals surface area contributed by atoms with Crippen LogP contribution in [0.2, 0.25) is 0 Å². The molecule has 0 heterocycles. The fourth-order valence-corrected chi connectivity index (χ4v) is 6.41. The highest BCUT2D eigenvalue weighted by atomic mass is 33.1. The first kappa shape index (κ1) is 27.9. The Morgan fingerprint density at radius 2 is 1.58 bits per heavy atom. The van der Waals surface area contributed by atoms with Gasteiger partial charge in [0.05, 0.1) is 22.8 Å². The molecule has 1 amide bonds. The minimum atomic E-state index is -5.05. The van der Waals surface area contributed by atoms with Crippen molar-refractivity contribution in [1.82, 2.24) is 4.31 Å². The van der Waals surface area contributed by atoms with Gasteiger partial charge in [0.1, 0.15) is 0 Å². The van der Waals surface area contributed by atoms with Gasteiger partial charge >= 0.3 is 12.4 Å². The van der Waals surface area contributed by atoms with E-state index >= 15 is 0 Å². The molecule has 0 spiro atoms. The third-order valence-electron chi connectivity index (χ3n) is 3.80. The molecule has 0 aliphatic rings. The zero-order valence-corrected chi connectivity index (χ0v) is 18.9. The van der Waals surface area contributed by atoms with Crippen molar-refractivity contribution in [3.05, 3.63) is 34.9 Å². The smallest absolute Gasteiger partial charge is 0.369 e. The lowest BCUT2D eigenvalue weighted by Gasteiger charge is -2.22. The van der Waals surface area contributed by atoms with E-state index in [1.807, 2.05) is 6.92 Å². The van der Waals surface area contributed by atoms with Crippen LogP contribution in [0.4, 0.5) is 26.3 Å². The molecule has 0 radical (unpaired) electrons. The van der Waals surface area contributed by atoms with Gasteiger partial charge in [0.25, 0.3) is 9.06 Å². The number of carbonyl (C=O) groups is 1. The van der Waals surface area contributed by atoms with Crippen molar-refractivity contribution in [2.24, 2.45) is 5.73 Å². The van der Waals surface area contributed by atoms with Gasteiger partial charge in [-0.1, -0.05) is 19.8 Å². The number of hydrogen-bond donors (Lipinski definition) is 1. The van der Waals surface area contributed by atoms with Gasteiger partial charge in [0.2, 0.25) is 5.91 Å². The van der Waals surface area contributed by atoms with Gasteiger partial charge < -0.3 is 5.73 Å². The SMILES string of the molecule is CCCCCSCN(Cc1cc(C(F)(F)F)cc(C(F)(F)F)c1)S(=O)(=O)SCC(N)=O. The molecule has 0 saturated heterocycles. The highest BCUT2D eigenvalue weighted by molar-refractivity contribution is 8.71. The van der Waals surface area contributed by atoms with E-state index in [0.717, 1.165) is 23.6 Å². The Bertz CT molecular complexity index is 812. The molecule has 0 saturated carbocycles. The quantitative estimate of drug-likeness (QED) is 0.187. The zero-order valence-electron chi connectivity index (χ0n) is 16.4. The topological polar surface area (TPSA) is 80.5 Å². The van der Waals surface area contributed by atoms with Crippen LogP contribution >= 0.6 is 22.6 Å². The second-order valence-electron chi connectivity index (χ2n) is 6.45. The van der Waals surface area contributed by atoms with Crippen molar-refractivity contribution in [2.75, 3.05) is 17.4 Å². The molecule has 0 aliphatic heterocycles. The first-order chi connectivity index (χ1) is 14.2. The first-order valence-electron chi connectivity index (χ1n) is 8.95. The largest absolute Gasteiger partial charge is 0.416 e. The molecule has 1 rings (SSSR count). The average Bonchev–Trinajstić information content (AvgIpc) is 2.63. The summed E-state index contributed by atoms with van der Waals surface area (Å²) in [5, 5.41) is 0. The maximum Gasteiger partial charge on any atom is 0.416 e. The van der Waals surface area contributed by atoms with Crippen LogP contribution in [-0.4, -0.2) is 36.0 Å². The molecule has 0 bridgehead atoms. The van der Waals surface area contributed by atoms with E-state index in [4.69, 9.17) is 5.73 Å². The molecule has 0 atom stereocenters. The summed E-state index contributed by atoms with van der Waals surface area (Å²) >= 11 is 1.17. The molecule has 14 heteroatoms. The van der Waals surface area contributed by atoms with E-state index < -0.39 is 56.3 Å². The maximum atomic E-state index is 13.1. The number of hydrogen-bond acceptors (Lipinski definition) is 5. The Kier molecular flexibility index (Phi) is 10.5. The van der Waals surface area contributed by atoms with Crippen LogP contribution in [0.3, 0.4) is 0 Å². The van der Waals surface area contributed by atoms with E-state index in [9.17, 15) is 39.6 Å². The van der Waals surface area contributed by atoms with E-state index in [2.05, 4.69) is 0 Å². The minimum Gasteiger partial charge on any atom is -0.369 e. The summed E-state index contributed by atoms with van der Waals surface area (Å²) in [4.78, 5) is 10.9. The average molecular weight is 513 g/mol. The number of benzene rings is 1. The molecule has 0 unspecified atom stereocenters. The summed E-state index contributed by atoms with van der Waals surface area (Å²) in [7, 11) is -4.07. The summed E-state index contributed by atoms with van der Waals surface area (Å²) in [6, 6.07) is 0.945. The second kappa shape index (κ2) is 11.7. The minimum absolute atomic E-state index is 0.0241. The van der Waals surface area contributed by atoms with Gasteiger partial charge in [-0.2, -0.15) is 30.6 Å². The lowest BCUT2D eigenvalue weighted by atomic mass is 10.0. The number of amides is 1. The van der Waals surface area contributed by atoms with E-state index in [1.165, 1.54) is 11.8 Å². The molecule has 1 aromatic rings. The molecule has 178 valence electrons. The standard InChI is InChI=1S/C17H22F6N2O3S3/c1-2-3-4-5-29-11-25(31(27,28)30-10-15(24)26)9-12-6-13(16(18,19)20)8-14(7-12)17(21,22)23/h6-8H,2-5,9-11H2,1H3,(H2,24,26). The third kappa shape index (κ3) is 9.91. The van der Waals surface area contributed by atoms with Gasteiger partial charge in [-0.15, -0.1) is 11.8 Å². The Labute approximate surface area is 184 Å². The zero-order chi connectivity index (χ0) is 23.9. The molecule has 0 aliphatic carbocycles. The molecule has 2 N–H and O–H groups in total. The normalized spacial score (nSPS) is 13.0. The summed E-state index contributed by atoms with van der Waals surface area (Å²) in [5.74, 6) is -1.18. The number of unbranched alkanes of at least 4 members (excludes halogenated alkanes) is 2. The Hall–Kier alpha value is -1.12. The van der Waals surface area contributed by atoms with Crippen LogP contribution in [0.25, 0.3) is 0 Å². The number of alkyl halides is 6. The van der Waals surface area contributed by atoms with Gasteiger partial charge in [0, 0.05) is 6.54 Å². The van der Waals surface area contributed by atoms with E-state index in [0.29, 0.717) is 17.9 Å². The predicted octanol–water partition coefficient (Wildman–Crippen LogP) is 4.87. The fourth-order valence-electron chi connectivity index (χ4n) is 2.33. The van der Waals surface area contributed by atoms with Crippen molar-refractivity contribution in [3.8, 4) is 0 Å². The van der Waals surface area contributed by atoms with Crippen molar-refractivity contribution in [3.63, 3.8) is 0 Å². The summed E-state index contributed by atoms with van der Waals surface area (Å²) < 4.78 is 104. The van der Waals surface area contributed by atoms with Crippen molar-refractivity contribution in [1.29, 1.82) is 0 Å². The number of halogens is 6. The predicted molar refractivity (Wildman–Crippen MR) is 109 cm³/mol. The molecular weight excluding hydrogens is 490 g/mol. The number of thioether (sulfide) groups is 1. The number of nitrogens with zero attached hydrogens (tertiary/aromatic N) is 1. The molecular formula is C17H22F6N2O3S3. The van der Waals surface area contributed by atoms with Crippen LogP contribution in [0, 0.1) is 0 Å². The monoisotopic (exact) mass is 512 g/mol. The van der Waals surface area contributed by atoms with Crippen LogP contribution in [0.5, 0.6) is 0 Å². The van der Waals surface area contributed by atoms with Crippen LogP contribution < -0.4 is 5.73 Å². The third-order valence-corrected chi connectivity index (χ3v) is 8.51. The number of primary amides is 1. The Morgan fingerprint density at radius 3 is 2.03 bits per heavy atom. The lowest BCUT2D eigenvalue weighted by Crippen LogP contribution is -2.30. The fraction of sp³-hybridized carbons (Fsp3) is 0.588. The second-order valence-corrected chi connectivity index (χ2v) is 11.4. The van der Waals surface area contributed by atoms with Crippen LogP contribution in [0.1, 0.15) is 42.9 Å². The van der Waals surface area contributed by atoms with E-state index in [-0.39, 0.29) is 22.7 Å². The first-order valence-corrected chi connectivity index (χ1v) is 13.1. The molecule has 5 nitrogen and oxygen atoms in total. The molecule has 31 heavy (non-hydrogen) atoms. The number of rotatable bonds is 12. The van der Waals surface area contributed by atoms with Gasteiger partial charge in [0.15, 0.2) is 0 Å². The van der Waals surface area contributed by atoms with Crippen LogP contribution in [0.15, 0.2) is 18.2 Å². The van der Waals surface area contributed by atoms with Crippen molar-refractivity contribution >= 4 is 37.5 Å². The highest BCUT2D eigenvalue weighted by Crippen LogP contribution is 2.37. The van der Waals surface area contributed by atoms with Crippen LogP contribution in [-0.2, 0) is 32.7 Å². The summed E-state index contributed by atoms with van der Waals surface area (Å²) in [6.07, 6.45) is -7.52. The molecule has 0 fully saturated rings. The maximum absolute atomic E-state index is 13.1. The molecule has 0 aromatic heterocycles. The molecule has 1 aromatic carbocycles. The number of nitrogens with two attached hydrogens (primary N) is 1. The summed E-state index contributed by atoms with van der Waals surface area (Å²) in [5.41, 5.74) is 1.41. The van der Waals surface area contributed by atoms with Gasteiger partial charge in [-0.05, 0) is 46.7 Å². The summed E-state index contributed by atoms with van der Waals surface area (Å²) in [6.45, 7) is 1.25. The van der Waals surface area contributed by atoms with Crippen molar-refractivity contribution < 1.29 is 39.6 Å². The number of carbonyl (C=O) groups excluding carboxylic acids is 1. The Morgan fingerprint density at radius 1 is 1.03 bits per heavy atom. The van der Waals surface area contributed by atoms with E-state index in [1.54, 1.807) is 0 Å². The lowest BCUT2D eigenvalue weighted by molar-refractivity contribution is -0.143. The van der Waals surface area contributed by atoms with Gasteiger partial charge in [-0.3, -0.25) is 4.79 Å². The van der Waals surface area contributed by atoms with Gasteiger partial charge in [-0.25, -0.2) is 8.42 Å². The Balaban J connectivity index is 3.23.